The molecule has 0 spiro atoms. The first-order chi connectivity index (χ1) is 27.1. The number of urea groups is 1. The number of hydrogen-bond acceptors (Lipinski definition) is 9. The van der Waals surface area contributed by atoms with Gasteiger partial charge in [-0.3, -0.25) is 9.59 Å². The van der Waals surface area contributed by atoms with Gasteiger partial charge >= 0.3 is 24.3 Å². The summed E-state index contributed by atoms with van der Waals surface area (Å²) in [5, 5.41) is 15.7. The Hall–Kier alpha value is -6.32. The normalized spacial score (nSPS) is 12.9. The first kappa shape index (κ1) is 43.4. The fourth-order valence-electron chi connectivity index (χ4n) is 6.11. The Balaban J connectivity index is 1.30. The van der Waals surface area contributed by atoms with Crippen molar-refractivity contribution in [2.24, 2.45) is 11.7 Å². The molecule has 0 radical (unpaired) electrons. The minimum atomic E-state index is -1.05. The van der Waals surface area contributed by atoms with Crippen molar-refractivity contribution in [2.75, 3.05) is 31.6 Å². The van der Waals surface area contributed by atoms with E-state index in [4.69, 9.17) is 19.9 Å². The van der Waals surface area contributed by atoms with Gasteiger partial charge in [0.05, 0.1) is 0 Å². The van der Waals surface area contributed by atoms with E-state index < -0.39 is 53.8 Å². The second kappa shape index (κ2) is 20.6. The van der Waals surface area contributed by atoms with Crippen LogP contribution in [-0.2, 0) is 30.4 Å². The lowest BCUT2D eigenvalue weighted by atomic mass is 9.98. The molecule has 2 atom stereocenters. The summed E-state index contributed by atoms with van der Waals surface area (Å²) in [4.78, 5) is 75.3. The van der Waals surface area contributed by atoms with Crippen LogP contribution in [0.25, 0.3) is 11.1 Å². The van der Waals surface area contributed by atoms with Crippen molar-refractivity contribution < 1.29 is 43.0 Å². The van der Waals surface area contributed by atoms with Crippen LogP contribution in [0.5, 0.6) is 0 Å². The van der Waals surface area contributed by atoms with Gasteiger partial charge in [-0.05, 0) is 79.5 Å². The quantitative estimate of drug-likeness (QED) is 0.0730. The molecule has 57 heavy (non-hydrogen) atoms. The molecule has 0 heterocycles. The number of benzene rings is 3. The van der Waals surface area contributed by atoms with Crippen LogP contribution >= 0.6 is 0 Å². The van der Waals surface area contributed by atoms with Crippen molar-refractivity contribution in [1.82, 2.24) is 26.6 Å². The number of rotatable bonds is 17. The smallest absolute Gasteiger partial charge is 0.407 e. The van der Waals surface area contributed by atoms with E-state index in [1.165, 1.54) is 0 Å². The summed E-state index contributed by atoms with van der Waals surface area (Å²) in [7, 11) is 0. The number of alkyl carbamates (subject to hydrolysis) is 3. The number of amides is 7. The zero-order chi connectivity index (χ0) is 41.5. The van der Waals surface area contributed by atoms with Crippen molar-refractivity contribution in [3.63, 3.8) is 0 Å². The van der Waals surface area contributed by atoms with Gasteiger partial charge < -0.3 is 51.8 Å². The molecule has 1 aliphatic rings. The van der Waals surface area contributed by atoms with E-state index in [1.54, 1.807) is 58.9 Å². The molecule has 7 amide bonds. The van der Waals surface area contributed by atoms with Crippen LogP contribution in [0, 0.1) is 5.92 Å². The first-order valence-corrected chi connectivity index (χ1v) is 18.8. The number of nitrogens with one attached hydrogen (secondary N) is 6. The number of carbonyl (C=O) groups excluding carboxylic acids is 6. The highest BCUT2D eigenvalue weighted by Gasteiger charge is 2.32. The maximum Gasteiger partial charge on any atom is 0.407 e. The van der Waals surface area contributed by atoms with Crippen molar-refractivity contribution in [3.05, 3.63) is 89.5 Å². The van der Waals surface area contributed by atoms with Gasteiger partial charge in [-0.25, -0.2) is 19.2 Å². The molecule has 0 saturated heterocycles. The summed E-state index contributed by atoms with van der Waals surface area (Å²) in [5.74, 6) is -1.65. The van der Waals surface area contributed by atoms with Crippen molar-refractivity contribution >= 4 is 41.8 Å². The predicted molar refractivity (Wildman–Crippen MR) is 213 cm³/mol. The number of carbonyl (C=O) groups is 6. The Morgan fingerprint density at radius 3 is 1.88 bits per heavy atom. The van der Waals surface area contributed by atoms with E-state index >= 15 is 0 Å². The number of nitrogens with two attached hydrogens (primary N) is 1. The fraction of sp³-hybridized carbons (Fsp3) is 0.415. The Morgan fingerprint density at radius 2 is 1.30 bits per heavy atom. The van der Waals surface area contributed by atoms with Crippen LogP contribution in [-0.4, -0.2) is 80.1 Å². The lowest BCUT2D eigenvalue weighted by Crippen LogP contribution is -2.54. The van der Waals surface area contributed by atoms with Crippen molar-refractivity contribution in [3.8, 4) is 11.1 Å². The van der Waals surface area contributed by atoms with Gasteiger partial charge in [0.15, 0.2) is 0 Å². The number of fused-ring (bicyclic) bond motifs is 3. The van der Waals surface area contributed by atoms with Crippen molar-refractivity contribution in [1.29, 1.82) is 0 Å². The zero-order valence-electron chi connectivity index (χ0n) is 32.9. The summed E-state index contributed by atoms with van der Waals surface area (Å²) >= 11 is 0. The summed E-state index contributed by atoms with van der Waals surface area (Å²) in [6.07, 6.45) is -1.60. The lowest BCUT2D eigenvalue weighted by Gasteiger charge is -2.25. The SMILES string of the molecule is CC(C)[C@H](NC(=O)OCC1c2ccccc2-c2ccccc21)C(=O)N[C@@H](CCCNC(N)=O)C(=O)Nc1ccc(COC(=O)NCCNC(=O)OC(C)(C)C)cc1. The standard InChI is InChI=1S/C41H53N7O9/c1-25(2)34(48-40(54)56-24-32-30-13-8-6-11-28(30)29-12-7-9-14-31(29)32)36(50)47-33(15-10-20-43-37(42)51)35(49)46-27-18-16-26(17-19-27)23-55-38(52)44-21-22-45-39(53)57-41(3,4)5/h6-9,11-14,16-19,25,32-34H,10,15,20-24H2,1-5H3,(H,44,52)(H,45,53)(H,46,49)(H,47,50)(H,48,54)(H3,42,43,51)/t33-,34-/m0/s1. The predicted octanol–water partition coefficient (Wildman–Crippen LogP) is 4.87. The molecule has 306 valence electrons. The maximum absolute atomic E-state index is 13.6. The molecule has 4 rings (SSSR count). The summed E-state index contributed by atoms with van der Waals surface area (Å²) in [6, 6.07) is 19.7. The van der Waals surface area contributed by atoms with Gasteiger partial charge in [-0.15, -0.1) is 0 Å². The van der Waals surface area contributed by atoms with Crippen LogP contribution in [0.15, 0.2) is 72.8 Å². The zero-order valence-corrected chi connectivity index (χ0v) is 32.9. The molecular weight excluding hydrogens is 734 g/mol. The molecular formula is C41H53N7O9. The van der Waals surface area contributed by atoms with Gasteiger partial charge in [0.2, 0.25) is 11.8 Å². The van der Waals surface area contributed by atoms with Crippen LogP contribution in [0.4, 0.5) is 24.9 Å². The Labute approximate surface area is 332 Å². The number of primary amides is 1. The van der Waals surface area contributed by atoms with Crippen LogP contribution < -0.4 is 37.6 Å². The molecule has 0 aromatic heterocycles. The fourth-order valence-corrected chi connectivity index (χ4v) is 6.11. The molecule has 0 bridgehead atoms. The van der Waals surface area contributed by atoms with Crippen LogP contribution in [0.2, 0.25) is 0 Å². The molecule has 0 fully saturated rings. The summed E-state index contributed by atoms with van der Waals surface area (Å²) in [6.45, 7) is 9.21. The van der Waals surface area contributed by atoms with Crippen LogP contribution in [0.3, 0.4) is 0 Å². The number of ether oxygens (including phenoxy) is 3. The average molecular weight is 788 g/mol. The maximum atomic E-state index is 13.6. The minimum absolute atomic E-state index is 0.0572. The third kappa shape index (κ3) is 13.7. The highest BCUT2D eigenvalue weighted by molar-refractivity contribution is 5.98. The summed E-state index contributed by atoms with van der Waals surface area (Å²) < 4.78 is 16.0. The molecule has 0 aliphatic heterocycles. The second-order valence-electron chi connectivity index (χ2n) is 14.8. The van der Waals surface area contributed by atoms with E-state index in [2.05, 4.69) is 31.9 Å². The van der Waals surface area contributed by atoms with E-state index in [-0.39, 0.29) is 51.1 Å². The molecule has 3 aromatic rings. The first-order valence-electron chi connectivity index (χ1n) is 18.8. The number of hydrogen-bond donors (Lipinski definition) is 7. The molecule has 16 heteroatoms. The molecule has 0 saturated carbocycles. The lowest BCUT2D eigenvalue weighted by molar-refractivity contribution is -0.128. The highest BCUT2D eigenvalue weighted by Crippen LogP contribution is 2.44. The number of anilines is 1. The minimum Gasteiger partial charge on any atom is -0.449 e. The average Bonchev–Trinajstić information content (AvgIpc) is 3.48. The molecule has 3 aromatic carbocycles. The molecule has 0 unspecified atom stereocenters. The third-order valence-electron chi connectivity index (χ3n) is 8.82. The molecule has 1 aliphatic carbocycles. The summed E-state index contributed by atoms with van der Waals surface area (Å²) in [5.41, 5.74) is 9.88. The Kier molecular flexibility index (Phi) is 15.7. The Morgan fingerprint density at radius 1 is 0.702 bits per heavy atom. The van der Waals surface area contributed by atoms with Gasteiger partial charge in [-0.1, -0.05) is 74.5 Å². The van der Waals surface area contributed by atoms with Gasteiger partial charge in [0.25, 0.3) is 0 Å². The van der Waals surface area contributed by atoms with Gasteiger partial charge in [-0.2, -0.15) is 0 Å². The highest BCUT2D eigenvalue weighted by atomic mass is 16.6. The van der Waals surface area contributed by atoms with Crippen molar-refractivity contribution in [2.45, 2.75) is 77.7 Å². The van der Waals surface area contributed by atoms with Crippen LogP contribution in [0.1, 0.15) is 70.1 Å². The molecule has 16 nitrogen and oxygen atoms in total. The van der Waals surface area contributed by atoms with E-state index in [1.807, 2.05) is 48.5 Å². The topological polar surface area (TPSA) is 228 Å². The second-order valence-corrected chi connectivity index (χ2v) is 14.8. The monoisotopic (exact) mass is 787 g/mol. The third-order valence-corrected chi connectivity index (χ3v) is 8.82. The largest absolute Gasteiger partial charge is 0.449 e. The van der Waals surface area contributed by atoms with E-state index in [9.17, 15) is 28.8 Å². The Bertz CT molecular complexity index is 1830. The molecule has 8 N–H and O–H groups in total. The van der Waals surface area contributed by atoms with E-state index in [0.29, 0.717) is 17.7 Å². The van der Waals surface area contributed by atoms with Gasteiger partial charge in [0.1, 0.15) is 30.9 Å². The van der Waals surface area contributed by atoms with Gasteiger partial charge in [0, 0.05) is 31.2 Å². The van der Waals surface area contributed by atoms with E-state index in [0.717, 1.165) is 22.3 Å².